The Morgan fingerprint density at radius 2 is 1.88 bits per heavy atom. The molecule has 8 nitrogen and oxygen atoms in total. The topological polar surface area (TPSA) is 93.5 Å². The molecule has 1 heterocycles. The van der Waals surface area contributed by atoms with Crippen molar-refractivity contribution in [3.05, 3.63) is 69.2 Å². The number of fused-ring (bicyclic) bond motifs is 1. The molecule has 168 valence electrons. The molecule has 0 saturated heterocycles. The number of rotatable bonds is 6. The fraction of sp³-hybridized carbons (Fsp3) is 0.304. The number of urea groups is 1. The van der Waals surface area contributed by atoms with Gasteiger partial charge in [-0.3, -0.25) is 9.36 Å². The van der Waals surface area contributed by atoms with E-state index >= 15 is 0 Å². The molecule has 1 unspecified atom stereocenters. The van der Waals surface area contributed by atoms with Gasteiger partial charge in [-0.2, -0.15) is 0 Å². The van der Waals surface area contributed by atoms with Crippen LogP contribution in [0.4, 0.5) is 10.5 Å². The Balaban J connectivity index is 1.84. The summed E-state index contributed by atoms with van der Waals surface area (Å²) in [6.45, 7) is 6.08. The molecule has 0 aliphatic carbocycles. The molecule has 0 saturated carbocycles. The smallest absolute Gasteiger partial charge is 0.338 e. The number of hydrogen-bond donors (Lipinski definition) is 1. The van der Waals surface area contributed by atoms with Crippen LogP contribution in [0.2, 0.25) is 5.02 Å². The van der Waals surface area contributed by atoms with Gasteiger partial charge < -0.3 is 15.0 Å². The second-order valence-corrected chi connectivity index (χ2v) is 7.62. The van der Waals surface area contributed by atoms with Gasteiger partial charge in [0, 0.05) is 24.3 Å². The fourth-order valence-corrected chi connectivity index (χ4v) is 3.64. The van der Waals surface area contributed by atoms with Crippen molar-refractivity contribution >= 4 is 40.2 Å². The van der Waals surface area contributed by atoms with Gasteiger partial charge in [0.1, 0.15) is 5.82 Å². The first-order valence-corrected chi connectivity index (χ1v) is 10.7. The number of amides is 2. The van der Waals surface area contributed by atoms with Crippen molar-refractivity contribution in [2.45, 2.75) is 26.8 Å². The van der Waals surface area contributed by atoms with Crippen LogP contribution < -0.4 is 10.9 Å². The minimum absolute atomic E-state index is 0.231. The van der Waals surface area contributed by atoms with Crippen molar-refractivity contribution in [1.82, 2.24) is 14.5 Å². The maximum absolute atomic E-state index is 13.0. The molecule has 0 aliphatic rings. The lowest BCUT2D eigenvalue weighted by Gasteiger charge is -2.29. The number of carbonyl (C=O) groups is 2. The zero-order valence-electron chi connectivity index (χ0n) is 18.4. The summed E-state index contributed by atoms with van der Waals surface area (Å²) in [7, 11) is 1.63. The number of halogens is 1. The highest BCUT2D eigenvalue weighted by Gasteiger charge is 2.24. The van der Waals surface area contributed by atoms with E-state index in [-0.39, 0.29) is 11.6 Å². The lowest BCUT2D eigenvalue weighted by Crippen LogP contribution is -2.39. The number of nitrogens with zero attached hydrogens (tertiary/aromatic N) is 3. The Kier molecular flexibility index (Phi) is 7.15. The largest absolute Gasteiger partial charge is 0.462 e. The van der Waals surface area contributed by atoms with E-state index in [2.05, 4.69) is 10.3 Å². The Morgan fingerprint density at radius 1 is 1.19 bits per heavy atom. The van der Waals surface area contributed by atoms with Gasteiger partial charge in [0.2, 0.25) is 0 Å². The molecule has 0 radical (unpaired) electrons. The second-order valence-electron chi connectivity index (χ2n) is 7.19. The molecule has 32 heavy (non-hydrogen) atoms. The standard InChI is InChI=1S/C23H25ClN4O4/c1-5-28(23(31)25-17-10-7-15(8-11-17)22(30)32-6-2)14(3)20-26-19-12-9-16(24)13-18(19)21(29)27(20)4/h7-14H,5-6H2,1-4H3,(H,25,31). The van der Waals surface area contributed by atoms with E-state index < -0.39 is 12.0 Å². The molecule has 3 rings (SSSR count). The first-order valence-electron chi connectivity index (χ1n) is 10.3. The number of hydrogen-bond acceptors (Lipinski definition) is 5. The molecule has 0 spiro atoms. The molecule has 1 aromatic heterocycles. The first-order chi connectivity index (χ1) is 15.3. The zero-order valence-corrected chi connectivity index (χ0v) is 19.1. The summed E-state index contributed by atoms with van der Waals surface area (Å²) in [5.74, 6) is 0.0400. The molecular formula is C23H25ClN4O4. The summed E-state index contributed by atoms with van der Waals surface area (Å²) >= 11 is 6.02. The average Bonchev–Trinajstić information content (AvgIpc) is 2.77. The van der Waals surface area contributed by atoms with Crippen molar-refractivity contribution < 1.29 is 14.3 Å². The monoisotopic (exact) mass is 456 g/mol. The number of nitrogens with one attached hydrogen (secondary N) is 1. The van der Waals surface area contributed by atoms with Gasteiger partial charge in [0.15, 0.2) is 0 Å². The van der Waals surface area contributed by atoms with Crippen molar-refractivity contribution in [2.75, 3.05) is 18.5 Å². The van der Waals surface area contributed by atoms with Crippen LogP contribution in [-0.2, 0) is 11.8 Å². The lowest BCUT2D eigenvalue weighted by atomic mass is 10.2. The summed E-state index contributed by atoms with van der Waals surface area (Å²) < 4.78 is 6.40. The molecule has 0 aliphatic heterocycles. The van der Waals surface area contributed by atoms with Gasteiger partial charge in [-0.25, -0.2) is 14.6 Å². The third-order valence-corrected chi connectivity index (χ3v) is 5.40. The summed E-state index contributed by atoms with van der Waals surface area (Å²) in [6.07, 6.45) is 0. The molecule has 1 N–H and O–H groups in total. The minimum Gasteiger partial charge on any atom is -0.462 e. The summed E-state index contributed by atoms with van der Waals surface area (Å²) in [5, 5.41) is 3.70. The van der Waals surface area contributed by atoms with Gasteiger partial charge in [-0.15, -0.1) is 0 Å². The highest BCUT2D eigenvalue weighted by molar-refractivity contribution is 6.31. The maximum Gasteiger partial charge on any atom is 0.338 e. The Morgan fingerprint density at radius 3 is 2.50 bits per heavy atom. The third-order valence-electron chi connectivity index (χ3n) is 5.16. The number of anilines is 1. The number of ether oxygens (including phenoxy) is 1. The quantitative estimate of drug-likeness (QED) is 0.555. The number of esters is 1. The van der Waals surface area contributed by atoms with E-state index in [1.165, 1.54) is 4.57 Å². The van der Waals surface area contributed by atoms with Gasteiger partial charge in [0.25, 0.3) is 5.56 Å². The average molecular weight is 457 g/mol. The van der Waals surface area contributed by atoms with Gasteiger partial charge >= 0.3 is 12.0 Å². The second kappa shape index (κ2) is 9.82. The SMILES string of the molecule is CCOC(=O)c1ccc(NC(=O)N(CC)C(C)c2nc3ccc(Cl)cc3c(=O)n2C)cc1. The molecule has 0 fully saturated rings. The van der Waals surface area contributed by atoms with Crippen molar-refractivity contribution in [3.63, 3.8) is 0 Å². The lowest BCUT2D eigenvalue weighted by molar-refractivity contribution is 0.0526. The molecule has 2 aromatic carbocycles. The van der Waals surface area contributed by atoms with E-state index in [1.807, 2.05) is 13.8 Å². The van der Waals surface area contributed by atoms with Crippen molar-refractivity contribution in [2.24, 2.45) is 7.05 Å². The Labute approximate surface area is 190 Å². The molecule has 2 amide bonds. The van der Waals surface area contributed by atoms with E-state index in [0.717, 1.165) is 0 Å². The third kappa shape index (κ3) is 4.75. The van der Waals surface area contributed by atoms with Gasteiger partial charge in [-0.1, -0.05) is 11.6 Å². The van der Waals surface area contributed by atoms with E-state index in [9.17, 15) is 14.4 Å². The van der Waals surface area contributed by atoms with Crippen LogP contribution in [0, 0.1) is 0 Å². The number of benzene rings is 2. The predicted octanol–water partition coefficient (Wildman–Crippen LogP) is 4.38. The summed E-state index contributed by atoms with van der Waals surface area (Å²) in [6, 6.07) is 10.6. The van der Waals surface area contributed by atoms with E-state index in [4.69, 9.17) is 16.3 Å². The predicted molar refractivity (Wildman–Crippen MR) is 124 cm³/mol. The van der Waals surface area contributed by atoms with E-state index in [0.29, 0.717) is 46.2 Å². The fourth-order valence-electron chi connectivity index (χ4n) is 3.47. The molecule has 1 atom stereocenters. The van der Waals surface area contributed by atoms with Crippen molar-refractivity contribution in [1.29, 1.82) is 0 Å². The molecule has 0 bridgehead atoms. The van der Waals surface area contributed by atoms with E-state index in [1.54, 1.807) is 61.3 Å². The zero-order chi connectivity index (χ0) is 23.4. The van der Waals surface area contributed by atoms with Crippen LogP contribution in [0.1, 0.15) is 43.0 Å². The molecular weight excluding hydrogens is 432 g/mol. The van der Waals surface area contributed by atoms with Crippen LogP contribution in [0.5, 0.6) is 0 Å². The minimum atomic E-state index is -0.475. The van der Waals surface area contributed by atoms with Crippen LogP contribution in [0.15, 0.2) is 47.3 Å². The number of aromatic nitrogens is 2. The van der Waals surface area contributed by atoms with Gasteiger partial charge in [0.05, 0.1) is 29.1 Å². The van der Waals surface area contributed by atoms with Crippen LogP contribution in [0.3, 0.4) is 0 Å². The normalized spacial score (nSPS) is 11.8. The van der Waals surface area contributed by atoms with Crippen LogP contribution in [-0.4, -0.2) is 39.6 Å². The summed E-state index contributed by atoms with van der Waals surface area (Å²) in [4.78, 5) is 43.8. The first kappa shape index (κ1) is 23.3. The van der Waals surface area contributed by atoms with Crippen LogP contribution >= 0.6 is 11.6 Å². The van der Waals surface area contributed by atoms with Crippen molar-refractivity contribution in [3.8, 4) is 0 Å². The highest BCUT2D eigenvalue weighted by atomic mass is 35.5. The van der Waals surface area contributed by atoms with Crippen LogP contribution in [0.25, 0.3) is 10.9 Å². The number of carbonyl (C=O) groups excluding carboxylic acids is 2. The highest BCUT2D eigenvalue weighted by Crippen LogP contribution is 2.22. The van der Waals surface area contributed by atoms with Gasteiger partial charge in [-0.05, 0) is 63.2 Å². The summed E-state index contributed by atoms with van der Waals surface area (Å²) in [5.41, 5.74) is 1.22. The maximum atomic E-state index is 13.0. The Bertz CT molecular complexity index is 1210. The molecule has 3 aromatic rings. The molecule has 9 heteroatoms. The Hall–Kier alpha value is -3.39.